The molecular formula is C18H29NO3. The maximum Gasteiger partial charge on any atom is 0.161 e. The zero-order valence-corrected chi connectivity index (χ0v) is 14.3. The first-order chi connectivity index (χ1) is 10.4. The molecule has 0 radical (unpaired) electrons. The Bertz CT molecular complexity index is 481. The predicted octanol–water partition coefficient (Wildman–Crippen LogP) is 3.22. The van der Waals surface area contributed by atoms with Gasteiger partial charge in [0.15, 0.2) is 11.5 Å². The van der Waals surface area contributed by atoms with Crippen LogP contribution in [0.4, 0.5) is 0 Å². The van der Waals surface area contributed by atoms with Crippen LogP contribution in [0, 0.1) is 0 Å². The monoisotopic (exact) mass is 307 g/mol. The SMILES string of the molecule is COc1cc(CN(C)CC2(O)CCCC2)ccc1OC(C)C. The fourth-order valence-electron chi connectivity index (χ4n) is 3.22. The van der Waals surface area contributed by atoms with Gasteiger partial charge in [-0.25, -0.2) is 0 Å². The Morgan fingerprint density at radius 2 is 1.91 bits per heavy atom. The van der Waals surface area contributed by atoms with Gasteiger partial charge >= 0.3 is 0 Å². The van der Waals surface area contributed by atoms with Crippen molar-refractivity contribution in [1.29, 1.82) is 0 Å². The first-order valence-corrected chi connectivity index (χ1v) is 8.16. The van der Waals surface area contributed by atoms with Crippen LogP contribution >= 0.6 is 0 Å². The van der Waals surface area contributed by atoms with Crippen LogP contribution in [0.15, 0.2) is 18.2 Å². The van der Waals surface area contributed by atoms with Crippen molar-refractivity contribution < 1.29 is 14.6 Å². The summed E-state index contributed by atoms with van der Waals surface area (Å²) in [6.45, 7) is 5.52. The highest BCUT2D eigenvalue weighted by Gasteiger charge is 2.32. The molecule has 22 heavy (non-hydrogen) atoms. The Morgan fingerprint density at radius 3 is 2.50 bits per heavy atom. The Labute approximate surface area is 134 Å². The van der Waals surface area contributed by atoms with Crippen molar-refractivity contribution in [3.05, 3.63) is 23.8 Å². The number of hydrogen-bond acceptors (Lipinski definition) is 4. The van der Waals surface area contributed by atoms with E-state index in [0.29, 0.717) is 0 Å². The number of ether oxygens (including phenoxy) is 2. The summed E-state index contributed by atoms with van der Waals surface area (Å²) in [6.07, 6.45) is 4.24. The standard InChI is InChI=1S/C18H29NO3/c1-14(2)22-16-8-7-15(11-17(16)21-4)12-19(3)13-18(20)9-5-6-10-18/h7-8,11,14,20H,5-6,9-10,12-13H2,1-4H3. The zero-order valence-electron chi connectivity index (χ0n) is 14.3. The Kier molecular flexibility index (Phi) is 5.70. The first-order valence-electron chi connectivity index (χ1n) is 8.16. The van der Waals surface area contributed by atoms with E-state index in [1.54, 1.807) is 7.11 Å². The molecule has 1 aliphatic rings. The number of benzene rings is 1. The fraction of sp³-hybridized carbons (Fsp3) is 0.667. The summed E-state index contributed by atoms with van der Waals surface area (Å²) < 4.78 is 11.2. The fourth-order valence-corrected chi connectivity index (χ4v) is 3.22. The number of likely N-dealkylation sites (N-methyl/N-ethyl adjacent to an activating group) is 1. The second-order valence-corrected chi connectivity index (χ2v) is 6.76. The minimum Gasteiger partial charge on any atom is -0.493 e. The average molecular weight is 307 g/mol. The van der Waals surface area contributed by atoms with Gasteiger partial charge < -0.3 is 14.6 Å². The summed E-state index contributed by atoms with van der Waals surface area (Å²) in [7, 11) is 3.72. The predicted molar refractivity (Wildman–Crippen MR) is 88.5 cm³/mol. The zero-order chi connectivity index (χ0) is 16.2. The van der Waals surface area contributed by atoms with Gasteiger partial charge in [0.05, 0.1) is 18.8 Å². The normalized spacial score (nSPS) is 17.2. The summed E-state index contributed by atoms with van der Waals surface area (Å²) in [5.74, 6) is 1.54. The van der Waals surface area contributed by atoms with Crippen LogP contribution in [0.3, 0.4) is 0 Å². The Hall–Kier alpha value is -1.26. The highest BCUT2D eigenvalue weighted by atomic mass is 16.5. The third-order valence-electron chi connectivity index (χ3n) is 4.14. The highest BCUT2D eigenvalue weighted by molar-refractivity contribution is 5.43. The summed E-state index contributed by atoms with van der Waals surface area (Å²) in [4.78, 5) is 2.18. The van der Waals surface area contributed by atoms with E-state index in [9.17, 15) is 5.11 Å². The summed E-state index contributed by atoms with van der Waals surface area (Å²) in [5.41, 5.74) is 0.663. The molecule has 4 heteroatoms. The smallest absolute Gasteiger partial charge is 0.161 e. The molecule has 0 unspecified atom stereocenters. The summed E-state index contributed by atoms with van der Waals surface area (Å²) in [5, 5.41) is 10.5. The maximum absolute atomic E-state index is 10.5. The van der Waals surface area contributed by atoms with Gasteiger partial charge in [-0.3, -0.25) is 4.90 Å². The second-order valence-electron chi connectivity index (χ2n) is 6.76. The lowest BCUT2D eigenvalue weighted by Gasteiger charge is -2.28. The molecule has 4 nitrogen and oxygen atoms in total. The van der Waals surface area contributed by atoms with E-state index in [1.807, 2.05) is 26.0 Å². The van der Waals surface area contributed by atoms with Crippen LogP contribution in [-0.2, 0) is 6.54 Å². The molecule has 0 saturated heterocycles. The van der Waals surface area contributed by atoms with Crippen LogP contribution in [0.5, 0.6) is 11.5 Å². The van der Waals surface area contributed by atoms with E-state index in [2.05, 4.69) is 18.0 Å². The van der Waals surface area contributed by atoms with Crippen molar-refractivity contribution in [2.24, 2.45) is 0 Å². The van der Waals surface area contributed by atoms with E-state index in [1.165, 1.54) is 0 Å². The largest absolute Gasteiger partial charge is 0.493 e. The third kappa shape index (κ3) is 4.62. The Morgan fingerprint density at radius 1 is 1.23 bits per heavy atom. The summed E-state index contributed by atoms with van der Waals surface area (Å²) in [6, 6.07) is 6.05. The van der Waals surface area contributed by atoms with Crippen molar-refractivity contribution in [3.8, 4) is 11.5 Å². The number of rotatable bonds is 7. The maximum atomic E-state index is 10.5. The Balaban J connectivity index is 1.99. The molecule has 1 N–H and O–H groups in total. The van der Waals surface area contributed by atoms with E-state index in [4.69, 9.17) is 9.47 Å². The lowest BCUT2D eigenvalue weighted by atomic mass is 10.0. The number of nitrogens with zero attached hydrogens (tertiary/aromatic N) is 1. The van der Waals surface area contributed by atoms with Gasteiger partial charge in [0.2, 0.25) is 0 Å². The van der Waals surface area contributed by atoms with E-state index in [-0.39, 0.29) is 6.10 Å². The molecule has 0 heterocycles. The van der Waals surface area contributed by atoms with E-state index >= 15 is 0 Å². The summed E-state index contributed by atoms with van der Waals surface area (Å²) >= 11 is 0. The van der Waals surface area contributed by atoms with Crippen molar-refractivity contribution in [2.75, 3.05) is 20.7 Å². The third-order valence-corrected chi connectivity index (χ3v) is 4.14. The minimum absolute atomic E-state index is 0.124. The molecule has 0 aliphatic heterocycles. The number of aliphatic hydroxyl groups is 1. The van der Waals surface area contributed by atoms with Crippen LogP contribution in [0.2, 0.25) is 0 Å². The molecule has 1 aromatic rings. The van der Waals surface area contributed by atoms with Crippen molar-refractivity contribution in [2.45, 2.75) is 57.8 Å². The molecule has 0 aromatic heterocycles. The molecule has 124 valence electrons. The van der Waals surface area contributed by atoms with Gasteiger partial charge in [-0.1, -0.05) is 18.9 Å². The van der Waals surface area contributed by atoms with Gasteiger partial charge in [0.1, 0.15) is 0 Å². The molecule has 0 spiro atoms. The lowest BCUT2D eigenvalue weighted by molar-refractivity contribution is 0.0145. The number of hydrogen-bond donors (Lipinski definition) is 1. The van der Waals surface area contributed by atoms with Crippen LogP contribution in [0.1, 0.15) is 45.1 Å². The van der Waals surface area contributed by atoms with Crippen LogP contribution in [-0.4, -0.2) is 42.4 Å². The van der Waals surface area contributed by atoms with Crippen molar-refractivity contribution >= 4 is 0 Å². The quantitative estimate of drug-likeness (QED) is 0.840. The van der Waals surface area contributed by atoms with Crippen molar-refractivity contribution in [1.82, 2.24) is 4.90 Å². The molecule has 0 amide bonds. The average Bonchev–Trinajstić information content (AvgIpc) is 2.86. The topological polar surface area (TPSA) is 41.9 Å². The van der Waals surface area contributed by atoms with Gasteiger partial charge in [0.25, 0.3) is 0 Å². The molecule has 0 bridgehead atoms. The lowest BCUT2D eigenvalue weighted by Crippen LogP contribution is -2.38. The first kappa shape index (κ1) is 17.1. The highest BCUT2D eigenvalue weighted by Crippen LogP contribution is 2.32. The van der Waals surface area contributed by atoms with E-state index < -0.39 is 5.60 Å². The van der Waals surface area contributed by atoms with Gasteiger partial charge in [-0.05, 0) is 51.4 Å². The molecular weight excluding hydrogens is 278 g/mol. The molecule has 0 atom stereocenters. The van der Waals surface area contributed by atoms with Gasteiger partial charge in [-0.2, -0.15) is 0 Å². The molecule has 1 aromatic carbocycles. The van der Waals surface area contributed by atoms with Gasteiger partial charge in [0, 0.05) is 13.1 Å². The van der Waals surface area contributed by atoms with Crippen LogP contribution in [0.25, 0.3) is 0 Å². The minimum atomic E-state index is -0.500. The molecule has 1 fully saturated rings. The van der Waals surface area contributed by atoms with Crippen molar-refractivity contribution in [3.63, 3.8) is 0 Å². The number of methoxy groups -OCH3 is 1. The van der Waals surface area contributed by atoms with E-state index in [0.717, 1.165) is 55.8 Å². The molecule has 1 aliphatic carbocycles. The second kappa shape index (κ2) is 7.34. The van der Waals surface area contributed by atoms with Gasteiger partial charge in [-0.15, -0.1) is 0 Å². The van der Waals surface area contributed by atoms with Crippen LogP contribution < -0.4 is 9.47 Å². The molecule has 1 saturated carbocycles. The molecule has 2 rings (SSSR count).